The van der Waals surface area contributed by atoms with E-state index in [-0.39, 0.29) is 11.9 Å². The monoisotopic (exact) mass is 305 g/mol. The maximum atomic E-state index is 14.0. The van der Waals surface area contributed by atoms with E-state index in [4.69, 9.17) is 5.73 Å². The number of rotatable bonds is 1. The predicted molar refractivity (Wildman–Crippen MR) is 74.8 cm³/mol. The van der Waals surface area contributed by atoms with Crippen LogP contribution in [0, 0.1) is 5.82 Å². The fraction of sp³-hybridized carbons (Fsp3) is 0.200. The van der Waals surface area contributed by atoms with Gasteiger partial charge in [0.25, 0.3) is 0 Å². The lowest BCUT2D eigenvalue weighted by Gasteiger charge is -2.09. The molecule has 1 aliphatic carbocycles. The average Bonchev–Trinajstić information content (AvgIpc) is 2.74. The first-order valence-electron chi connectivity index (χ1n) is 5.99. The van der Waals surface area contributed by atoms with Gasteiger partial charge in [-0.1, -0.05) is 30.3 Å². The maximum absolute atomic E-state index is 14.0. The Morgan fingerprint density at radius 3 is 2.89 bits per heavy atom. The van der Waals surface area contributed by atoms with Crippen molar-refractivity contribution in [2.75, 3.05) is 0 Å². The molecule has 92 valence electrons. The lowest BCUT2D eigenvalue weighted by Crippen LogP contribution is -2.04. The molecule has 3 rings (SSSR count). The third kappa shape index (κ3) is 1.88. The number of hydrogen-bond donors (Lipinski definition) is 1. The molecule has 2 aromatic rings. The van der Waals surface area contributed by atoms with Crippen molar-refractivity contribution in [3.63, 3.8) is 0 Å². The highest BCUT2D eigenvalue weighted by molar-refractivity contribution is 9.10. The number of nitrogens with two attached hydrogens (primary N) is 1. The van der Waals surface area contributed by atoms with Crippen LogP contribution in [0.4, 0.5) is 4.39 Å². The largest absolute Gasteiger partial charge is 0.324 e. The van der Waals surface area contributed by atoms with Gasteiger partial charge in [0.15, 0.2) is 0 Å². The Kier molecular flexibility index (Phi) is 2.96. The first-order chi connectivity index (χ1) is 8.66. The van der Waals surface area contributed by atoms with E-state index in [9.17, 15) is 4.39 Å². The zero-order valence-electron chi connectivity index (χ0n) is 9.79. The third-order valence-corrected chi connectivity index (χ3v) is 4.14. The summed E-state index contributed by atoms with van der Waals surface area (Å²) in [5.41, 5.74) is 10.0. The van der Waals surface area contributed by atoms with Crippen molar-refractivity contribution in [2.45, 2.75) is 18.9 Å². The molecule has 0 aliphatic heterocycles. The highest BCUT2D eigenvalue weighted by Gasteiger charge is 2.19. The lowest BCUT2D eigenvalue weighted by atomic mass is 9.99. The van der Waals surface area contributed by atoms with Gasteiger partial charge < -0.3 is 5.73 Å². The predicted octanol–water partition coefficient (Wildman–Crippen LogP) is 4.20. The molecule has 0 fully saturated rings. The van der Waals surface area contributed by atoms with E-state index in [1.54, 1.807) is 12.1 Å². The summed E-state index contributed by atoms with van der Waals surface area (Å²) < 4.78 is 14.5. The first kappa shape index (κ1) is 11.9. The molecule has 0 heterocycles. The summed E-state index contributed by atoms with van der Waals surface area (Å²) in [6.45, 7) is 0. The molecule has 2 N–H and O–H groups in total. The molecule has 0 amide bonds. The van der Waals surface area contributed by atoms with Crippen LogP contribution in [0.5, 0.6) is 0 Å². The van der Waals surface area contributed by atoms with Crippen molar-refractivity contribution in [1.82, 2.24) is 0 Å². The van der Waals surface area contributed by atoms with Gasteiger partial charge in [-0.2, -0.15) is 0 Å². The fourth-order valence-electron chi connectivity index (χ4n) is 2.54. The topological polar surface area (TPSA) is 26.0 Å². The standard InChI is InChI=1S/C15H13BrFN/c16-13-3-1-2-12(15(13)17)10-4-6-11-9(8-10)5-7-14(11)18/h1-4,6,8,14H,5,7,18H2. The Bertz CT molecular complexity index is 609. The minimum absolute atomic E-state index is 0.140. The average molecular weight is 306 g/mol. The second kappa shape index (κ2) is 4.48. The molecular formula is C15H13BrFN. The van der Waals surface area contributed by atoms with E-state index < -0.39 is 0 Å². The molecule has 1 nitrogen and oxygen atoms in total. The van der Waals surface area contributed by atoms with E-state index >= 15 is 0 Å². The molecule has 2 aromatic carbocycles. The number of halogens is 2. The zero-order valence-corrected chi connectivity index (χ0v) is 11.4. The normalized spacial score (nSPS) is 17.8. The van der Waals surface area contributed by atoms with Crippen molar-refractivity contribution in [3.8, 4) is 11.1 Å². The summed E-state index contributed by atoms with van der Waals surface area (Å²) in [6.07, 6.45) is 1.97. The van der Waals surface area contributed by atoms with Gasteiger partial charge in [-0.3, -0.25) is 0 Å². The molecule has 0 spiro atoms. The number of aryl methyl sites for hydroxylation is 1. The molecule has 0 saturated heterocycles. The van der Waals surface area contributed by atoms with E-state index in [2.05, 4.69) is 22.0 Å². The van der Waals surface area contributed by atoms with Crippen LogP contribution < -0.4 is 5.73 Å². The van der Waals surface area contributed by atoms with Crippen LogP contribution in [0.1, 0.15) is 23.6 Å². The highest BCUT2D eigenvalue weighted by Crippen LogP contribution is 2.34. The second-order valence-corrected chi connectivity index (χ2v) is 5.51. The minimum Gasteiger partial charge on any atom is -0.324 e. The quantitative estimate of drug-likeness (QED) is 0.839. The summed E-state index contributed by atoms with van der Waals surface area (Å²) in [5, 5.41) is 0. The SMILES string of the molecule is NC1CCc2cc(-c3cccc(Br)c3F)ccc21. The smallest absolute Gasteiger partial charge is 0.145 e. The van der Waals surface area contributed by atoms with Gasteiger partial charge in [0.05, 0.1) is 4.47 Å². The zero-order chi connectivity index (χ0) is 12.7. The van der Waals surface area contributed by atoms with Crippen molar-refractivity contribution in [2.24, 2.45) is 5.73 Å². The van der Waals surface area contributed by atoms with Gasteiger partial charge in [-0.05, 0) is 51.5 Å². The van der Waals surface area contributed by atoms with Crippen molar-refractivity contribution in [1.29, 1.82) is 0 Å². The van der Waals surface area contributed by atoms with E-state index in [1.165, 1.54) is 11.1 Å². The maximum Gasteiger partial charge on any atom is 0.145 e. The molecule has 0 radical (unpaired) electrons. The summed E-state index contributed by atoms with van der Waals surface area (Å²) in [4.78, 5) is 0. The molecule has 0 aromatic heterocycles. The van der Waals surface area contributed by atoms with Gasteiger partial charge in [-0.15, -0.1) is 0 Å². The number of fused-ring (bicyclic) bond motifs is 1. The fourth-order valence-corrected chi connectivity index (χ4v) is 2.91. The van der Waals surface area contributed by atoms with Crippen LogP contribution in [0.15, 0.2) is 40.9 Å². The Morgan fingerprint density at radius 2 is 2.06 bits per heavy atom. The van der Waals surface area contributed by atoms with Crippen LogP contribution in [-0.4, -0.2) is 0 Å². The first-order valence-corrected chi connectivity index (χ1v) is 6.79. The van der Waals surface area contributed by atoms with Crippen molar-refractivity contribution >= 4 is 15.9 Å². The molecule has 0 saturated carbocycles. The Hall–Kier alpha value is -1.19. The van der Waals surface area contributed by atoms with Gasteiger partial charge in [-0.25, -0.2) is 4.39 Å². The van der Waals surface area contributed by atoms with Crippen LogP contribution in [-0.2, 0) is 6.42 Å². The van der Waals surface area contributed by atoms with Crippen LogP contribution in [0.25, 0.3) is 11.1 Å². The summed E-state index contributed by atoms with van der Waals surface area (Å²) >= 11 is 3.22. The third-order valence-electron chi connectivity index (χ3n) is 3.53. The van der Waals surface area contributed by atoms with Gasteiger partial charge in [0.1, 0.15) is 5.82 Å². The van der Waals surface area contributed by atoms with E-state index in [0.717, 1.165) is 18.4 Å². The summed E-state index contributed by atoms with van der Waals surface area (Å²) in [7, 11) is 0. The van der Waals surface area contributed by atoms with Crippen molar-refractivity contribution in [3.05, 3.63) is 57.8 Å². The molecule has 1 aliphatic rings. The molecule has 0 bridgehead atoms. The summed E-state index contributed by atoms with van der Waals surface area (Å²) in [5.74, 6) is -0.209. The Labute approximate surface area is 114 Å². The van der Waals surface area contributed by atoms with Gasteiger partial charge in [0.2, 0.25) is 0 Å². The molecule has 1 atom stereocenters. The molecule has 3 heteroatoms. The second-order valence-electron chi connectivity index (χ2n) is 4.66. The Morgan fingerprint density at radius 1 is 1.22 bits per heavy atom. The van der Waals surface area contributed by atoms with Gasteiger partial charge >= 0.3 is 0 Å². The molecular weight excluding hydrogens is 293 g/mol. The molecule has 18 heavy (non-hydrogen) atoms. The van der Waals surface area contributed by atoms with Crippen LogP contribution in [0.3, 0.4) is 0 Å². The van der Waals surface area contributed by atoms with E-state index in [0.29, 0.717) is 10.0 Å². The highest BCUT2D eigenvalue weighted by atomic mass is 79.9. The lowest BCUT2D eigenvalue weighted by molar-refractivity contribution is 0.624. The minimum atomic E-state index is -0.209. The van der Waals surface area contributed by atoms with Crippen LogP contribution >= 0.6 is 15.9 Å². The summed E-state index contributed by atoms with van der Waals surface area (Å²) in [6, 6.07) is 11.5. The van der Waals surface area contributed by atoms with E-state index in [1.807, 2.05) is 18.2 Å². The number of benzene rings is 2. The number of hydrogen-bond acceptors (Lipinski definition) is 1. The molecule has 1 unspecified atom stereocenters. The van der Waals surface area contributed by atoms with Crippen molar-refractivity contribution < 1.29 is 4.39 Å². The van der Waals surface area contributed by atoms with Gasteiger partial charge in [0, 0.05) is 11.6 Å². The van der Waals surface area contributed by atoms with Crippen LogP contribution in [0.2, 0.25) is 0 Å². The Balaban J connectivity index is 2.11.